The van der Waals surface area contributed by atoms with E-state index in [-0.39, 0.29) is 5.56 Å². The van der Waals surface area contributed by atoms with Crippen molar-refractivity contribution in [2.75, 3.05) is 0 Å². The lowest BCUT2D eigenvalue weighted by Crippen LogP contribution is -2.21. The summed E-state index contributed by atoms with van der Waals surface area (Å²) < 4.78 is 1.98. The smallest absolute Gasteiger partial charge is 0.253 e. The maximum absolute atomic E-state index is 11.7. The molecule has 4 nitrogen and oxygen atoms in total. The van der Waals surface area contributed by atoms with Crippen molar-refractivity contribution in [1.29, 1.82) is 0 Å². The Morgan fingerprint density at radius 3 is 3.00 bits per heavy atom. The van der Waals surface area contributed by atoms with Crippen molar-refractivity contribution < 1.29 is 0 Å². The van der Waals surface area contributed by atoms with Crippen LogP contribution in [0.5, 0.6) is 0 Å². The second-order valence-electron chi connectivity index (χ2n) is 3.07. The van der Waals surface area contributed by atoms with Gasteiger partial charge in [-0.15, -0.1) is 10.2 Å². The molecule has 0 unspecified atom stereocenters. The highest BCUT2D eigenvalue weighted by Crippen LogP contribution is 2.15. The van der Waals surface area contributed by atoms with E-state index >= 15 is 0 Å². The molecule has 2 rings (SSSR count). The van der Waals surface area contributed by atoms with E-state index in [4.69, 9.17) is 11.6 Å². The molecular weight excluding hydrogens is 234 g/mol. The fourth-order valence-electron chi connectivity index (χ4n) is 1.22. The van der Waals surface area contributed by atoms with Crippen LogP contribution in [0.3, 0.4) is 0 Å². The maximum Gasteiger partial charge on any atom is 0.253 e. The van der Waals surface area contributed by atoms with Crippen molar-refractivity contribution >= 4 is 22.9 Å². The first-order chi connectivity index (χ1) is 7.16. The quantitative estimate of drug-likeness (QED) is 0.804. The van der Waals surface area contributed by atoms with E-state index in [1.54, 1.807) is 23.8 Å². The van der Waals surface area contributed by atoms with Crippen LogP contribution in [-0.4, -0.2) is 14.8 Å². The van der Waals surface area contributed by atoms with Crippen LogP contribution in [0.4, 0.5) is 0 Å². The Bertz CT molecular complexity index is 534. The molecule has 0 fully saturated rings. The summed E-state index contributed by atoms with van der Waals surface area (Å²) in [6.07, 6.45) is 1.73. The summed E-state index contributed by atoms with van der Waals surface area (Å²) in [6, 6.07) is 3.62. The van der Waals surface area contributed by atoms with E-state index < -0.39 is 0 Å². The molecule has 0 radical (unpaired) electrons. The predicted molar refractivity (Wildman–Crippen MR) is 59.5 cm³/mol. The summed E-state index contributed by atoms with van der Waals surface area (Å²) >= 11 is 6.94. The Labute approximate surface area is 95.2 Å². The Morgan fingerprint density at radius 2 is 2.33 bits per heavy atom. The third-order valence-corrected chi connectivity index (χ3v) is 2.96. The molecule has 2 heterocycles. The van der Waals surface area contributed by atoms with E-state index in [1.165, 1.54) is 11.3 Å². The molecule has 0 aliphatic rings. The second kappa shape index (κ2) is 4.12. The Hall–Kier alpha value is -1.20. The summed E-state index contributed by atoms with van der Waals surface area (Å²) in [5.74, 6) is 0. The number of hydrogen-bond acceptors (Lipinski definition) is 4. The Kier molecular flexibility index (Phi) is 2.83. The molecule has 2 aromatic heterocycles. The highest BCUT2D eigenvalue weighted by molar-refractivity contribution is 7.15. The van der Waals surface area contributed by atoms with E-state index in [9.17, 15) is 4.79 Å². The fraction of sp³-hybridized carbons (Fsp3) is 0.222. The number of hydrogen-bond donors (Lipinski definition) is 0. The molecule has 0 aliphatic carbocycles. The van der Waals surface area contributed by atoms with E-state index in [2.05, 4.69) is 10.2 Å². The zero-order chi connectivity index (χ0) is 10.8. The molecule has 0 saturated carbocycles. The van der Waals surface area contributed by atoms with Crippen LogP contribution in [0.1, 0.15) is 10.6 Å². The van der Waals surface area contributed by atoms with Crippen molar-refractivity contribution in [2.24, 2.45) is 0 Å². The Balaban J connectivity index is 2.32. The van der Waals surface area contributed by atoms with Gasteiger partial charge >= 0.3 is 0 Å². The molecule has 0 atom stereocenters. The van der Waals surface area contributed by atoms with Gasteiger partial charge < -0.3 is 4.57 Å². The zero-order valence-corrected chi connectivity index (χ0v) is 9.55. The molecular formula is C9H8ClN3OS. The predicted octanol–water partition coefficient (Wildman–Crippen LogP) is 1.71. The van der Waals surface area contributed by atoms with Crippen LogP contribution < -0.4 is 5.56 Å². The molecule has 0 bridgehead atoms. The van der Waals surface area contributed by atoms with Crippen molar-refractivity contribution in [3.8, 4) is 0 Å². The third kappa shape index (κ3) is 2.24. The largest absolute Gasteiger partial charge is 0.308 e. The number of pyridine rings is 1. The first-order valence-corrected chi connectivity index (χ1v) is 5.50. The highest BCUT2D eigenvalue weighted by Gasteiger charge is 2.04. The lowest BCUT2D eigenvalue weighted by atomic mass is 10.3. The lowest BCUT2D eigenvalue weighted by Gasteiger charge is -2.02. The van der Waals surface area contributed by atoms with Gasteiger partial charge in [0.15, 0.2) is 0 Å². The average Bonchev–Trinajstić information content (AvgIpc) is 2.59. The number of aromatic nitrogens is 3. The van der Waals surface area contributed by atoms with Gasteiger partial charge in [0.1, 0.15) is 5.01 Å². The lowest BCUT2D eigenvalue weighted by molar-refractivity contribution is 0.738. The minimum atomic E-state index is -0.0103. The number of nitrogens with zero attached hydrogens (tertiary/aromatic N) is 3. The maximum atomic E-state index is 11.7. The summed E-state index contributed by atoms with van der Waals surface area (Å²) in [4.78, 5) is 11.7. The van der Waals surface area contributed by atoms with Gasteiger partial charge in [0.25, 0.3) is 5.56 Å². The third-order valence-electron chi connectivity index (χ3n) is 1.96. The molecule has 2 aromatic rings. The number of halogens is 1. The first-order valence-electron chi connectivity index (χ1n) is 4.31. The second-order valence-corrected chi connectivity index (χ2v) is 4.72. The number of rotatable bonds is 2. The standard InChI is InChI=1S/C9H8ClN3OS/c1-6-3-2-4-13(8(6)14)5-7-11-12-9(10)15-7/h2-4H,5H2,1H3. The van der Waals surface area contributed by atoms with Crippen LogP contribution in [0.15, 0.2) is 23.1 Å². The van der Waals surface area contributed by atoms with Gasteiger partial charge in [-0.1, -0.05) is 17.4 Å². The minimum Gasteiger partial charge on any atom is -0.308 e. The van der Waals surface area contributed by atoms with Crippen LogP contribution >= 0.6 is 22.9 Å². The summed E-state index contributed by atoms with van der Waals surface area (Å²) in [7, 11) is 0. The molecule has 0 aromatic carbocycles. The molecule has 0 saturated heterocycles. The van der Waals surface area contributed by atoms with Crippen LogP contribution in [-0.2, 0) is 6.54 Å². The molecule has 0 spiro atoms. The first kappa shape index (κ1) is 10.3. The van der Waals surface area contributed by atoms with Gasteiger partial charge in [0, 0.05) is 11.8 Å². The SMILES string of the molecule is Cc1cccn(Cc2nnc(Cl)s2)c1=O. The van der Waals surface area contributed by atoms with E-state index in [0.29, 0.717) is 16.6 Å². The van der Waals surface area contributed by atoms with Crippen molar-refractivity contribution in [2.45, 2.75) is 13.5 Å². The number of aryl methyl sites for hydroxylation is 1. The molecule has 15 heavy (non-hydrogen) atoms. The Morgan fingerprint density at radius 1 is 1.53 bits per heavy atom. The van der Waals surface area contributed by atoms with Gasteiger partial charge in [-0.25, -0.2) is 0 Å². The normalized spacial score (nSPS) is 10.5. The molecule has 0 aliphatic heterocycles. The van der Waals surface area contributed by atoms with Crippen molar-refractivity contribution in [3.05, 3.63) is 43.7 Å². The van der Waals surface area contributed by atoms with Gasteiger partial charge in [0.05, 0.1) is 6.54 Å². The summed E-state index contributed by atoms with van der Waals surface area (Å²) in [5.41, 5.74) is 0.705. The average molecular weight is 242 g/mol. The molecule has 6 heteroatoms. The monoisotopic (exact) mass is 241 g/mol. The van der Waals surface area contributed by atoms with Crippen molar-refractivity contribution in [3.63, 3.8) is 0 Å². The molecule has 78 valence electrons. The molecule has 0 amide bonds. The zero-order valence-electron chi connectivity index (χ0n) is 7.98. The topological polar surface area (TPSA) is 47.8 Å². The van der Waals surface area contributed by atoms with Crippen LogP contribution in [0, 0.1) is 6.92 Å². The fourth-order valence-corrected chi connectivity index (χ4v) is 2.09. The van der Waals surface area contributed by atoms with Crippen LogP contribution in [0.25, 0.3) is 0 Å². The van der Waals surface area contributed by atoms with Gasteiger partial charge in [0.2, 0.25) is 4.47 Å². The molecule has 0 N–H and O–H groups in total. The van der Waals surface area contributed by atoms with E-state index in [1.807, 2.05) is 6.07 Å². The van der Waals surface area contributed by atoms with E-state index in [0.717, 1.165) is 5.01 Å². The van der Waals surface area contributed by atoms with Gasteiger partial charge in [-0.3, -0.25) is 4.79 Å². The highest BCUT2D eigenvalue weighted by atomic mass is 35.5. The van der Waals surface area contributed by atoms with Crippen LogP contribution in [0.2, 0.25) is 4.47 Å². The summed E-state index contributed by atoms with van der Waals surface area (Å²) in [5, 5.41) is 8.27. The minimum absolute atomic E-state index is 0.0103. The van der Waals surface area contributed by atoms with Crippen molar-refractivity contribution in [1.82, 2.24) is 14.8 Å². The van der Waals surface area contributed by atoms with Gasteiger partial charge in [-0.2, -0.15) is 0 Å². The summed E-state index contributed by atoms with van der Waals surface area (Å²) in [6.45, 7) is 2.21. The van der Waals surface area contributed by atoms with Gasteiger partial charge in [-0.05, 0) is 24.6 Å².